The highest BCUT2D eigenvalue weighted by Gasteiger charge is 2.22. The molecule has 0 aliphatic carbocycles. The summed E-state index contributed by atoms with van der Waals surface area (Å²) >= 11 is 0. The van der Waals surface area contributed by atoms with Gasteiger partial charge in [0.25, 0.3) is 0 Å². The molecule has 0 aliphatic rings. The van der Waals surface area contributed by atoms with Gasteiger partial charge in [0.1, 0.15) is 0 Å². The molecular weight excluding hydrogens is 849 g/mol. The maximum Gasteiger partial charge on any atom is 0.0542 e. The summed E-state index contributed by atoms with van der Waals surface area (Å²) in [5, 5.41) is 2.39. The van der Waals surface area contributed by atoms with E-state index >= 15 is 0 Å². The van der Waals surface area contributed by atoms with Gasteiger partial charge in [-0.15, -0.1) is 0 Å². The van der Waals surface area contributed by atoms with Crippen LogP contribution in [0.15, 0.2) is 291 Å². The van der Waals surface area contributed by atoms with Crippen LogP contribution >= 0.6 is 0 Å². The Bertz CT molecular complexity index is 3650. The van der Waals surface area contributed by atoms with E-state index in [0.717, 1.165) is 62.4 Å². The molecule has 12 rings (SSSR count). The summed E-state index contributed by atoms with van der Waals surface area (Å²) < 4.78 is 2.38. The van der Waals surface area contributed by atoms with Crippen LogP contribution in [0, 0.1) is 0 Å². The van der Waals surface area contributed by atoms with Crippen LogP contribution < -0.4 is 14.7 Å². The van der Waals surface area contributed by atoms with Crippen molar-refractivity contribution in [3.8, 4) is 27.9 Å². The van der Waals surface area contributed by atoms with Gasteiger partial charge >= 0.3 is 0 Å². The second-order valence-corrected chi connectivity index (χ2v) is 17.4. The van der Waals surface area contributed by atoms with Crippen molar-refractivity contribution < 1.29 is 0 Å². The summed E-state index contributed by atoms with van der Waals surface area (Å²) in [7, 11) is 0. The molecular formula is C66H48N4. The van der Waals surface area contributed by atoms with Gasteiger partial charge in [-0.05, 0) is 144 Å². The van der Waals surface area contributed by atoms with Crippen LogP contribution in [0.5, 0.6) is 0 Å². The number of anilines is 9. The molecule has 0 saturated carbocycles. The molecule has 4 heteroatoms. The van der Waals surface area contributed by atoms with Gasteiger partial charge in [0.2, 0.25) is 0 Å². The molecule has 70 heavy (non-hydrogen) atoms. The van der Waals surface area contributed by atoms with Crippen molar-refractivity contribution in [2.75, 3.05) is 14.7 Å². The monoisotopic (exact) mass is 896 g/mol. The molecule has 1 aromatic heterocycles. The first-order valence-electron chi connectivity index (χ1n) is 23.8. The molecule has 0 N–H and O–H groups in total. The average Bonchev–Trinajstić information content (AvgIpc) is 3.77. The molecule has 12 aromatic rings. The Balaban J connectivity index is 0.999. The van der Waals surface area contributed by atoms with Crippen LogP contribution in [0.4, 0.5) is 51.2 Å². The highest BCUT2D eigenvalue weighted by atomic mass is 15.2. The minimum absolute atomic E-state index is 1.03. The van der Waals surface area contributed by atoms with E-state index in [1.807, 2.05) is 0 Å². The molecule has 0 atom stereocenters. The molecule has 0 unspecified atom stereocenters. The molecule has 11 aromatic carbocycles. The number of aromatic nitrogens is 1. The van der Waals surface area contributed by atoms with E-state index in [-0.39, 0.29) is 0 Å². The maximum absolute atomic E-state index is 2.40. The van der Waals surface area contributed by atoms with Crippen molar-refractivity contribution in [1.29, 1.82) is 0 Å². The van der Waals surface area contributed by atoms with Crippen molar-refractivity contribution in [2.45, 2.75) is 0 Å². The average molecular weight is 897 g/mol. The van der Waals surface area contributed by atoms with Crippen LogP contribution in [0.25, 0.3) is 49.7 Å². The van der Waals surface area contributed by atoms with Gasteiger partial charge in [-0.1, -0.05) is 170 Å². The van der Waals surface area contributed by atoms with Gasteiger partial charge in [0.05, 0.1) is 11.0 Å². The third-order valence-electron chi connectivity index (χ3n) is 13.1. The molecule has 1 heterocycles. The Hall–Kier alpha value is -9.38. The number of para-hydroxylation sites is 5. The lowest BCUT2D eigenvalue weighted by Crippen LogP contribution is -2.14. The lowest BCUT2D eigenvalue weighted by atomic mass is 10.00. The van der Waals surface area contributed by atoms with Crippen molar-refractivity contribution in [3.63, 3.8) is 0 Å². The topological polar surface area (TPSA) is 14.7 Å². The Kier molecular flexibility index (Phi) is 11.2. The molecule has 0 amide bonds. The van der Waals surface area contributed by atoms with E-state index in [1.54, 1.807) is 0 Å². The molecule has 0 saturated heterocycles. The van der Waals surface area contributed by atoms with Crippen LogP contribution in [-0.4, -0.2) is 4.57 Å². The predicted molar refractivity (Wildman–Crippen MR) is 296 cm³/mol. The second-order valence-electron chi connectivity index (χ2n) is 17.4. The minimum Gasteiger partial charge on any atom is -0.310 e. The number of hydrogen-bond donors (Lipinski definition) is 0. The standard InChI is InChI=1S/C66H48N4/c1-6-20-49(21-7-1)50-36-38-51(39-37-50)52-40-42-57(43-41-52)68(55-26-12-4-13-27-55)59-31-19-33-61(47-59)69(60-32-18-30-58(46-60)67(53-22-8-2-9-23-53)54-24-10-3-11-25-54)62-44-45-66-64(48-62)63-34-16-17-35-65(63)70(66)56-28-14-5-15-29-56/h1-48H. The highest BCUT2D eigenvalue weighted by Crippen LogP contribution is 2.45. The maximum atomic E-state index is 2.40. The van der Waals surface area contributed by atoms with E-state index in [4.69, 9.17) is 0 Å². The lowest BCUT2D eigenvalue weighted by Gasteiger charge is -2.31. The van der Waals surface area contributed by atoms with Crippen molar-refractivity contribution in [3.05, 3.63) is 291 Å². The van der Waals surface area contributed by atoms with Crippen LogP contribution in [0.2, 0.25) is 0 Å². The van der Waals surface area contributed by atoms with Crippen LogP contribution in [0.3, 0.4) is 0 Å². The number of benzene rings is 11. The van der Waals surface area contributed by atoms with E-state index in [9.17, 15) is 0 Å². The molecule has 0 aliphatic heterocycles. The van der Waals surface area contributed by atoms with Crippen molar-refractivity contribution >= 4 is 73.0 Å². The zero-order chi connectivity index (χ0) is 46.6. The summed E-state index contributed by atoms with van der Waals surface area (Å²) in [5.41, 5.74) is 17.8. The van der Waals surface area contributed by atoms with E-state index in [2.05, 4.69) is 310 Å². The van der Waals surface area contributed by atoms with Gasteiger partial charge in [-0.25, -0.2) is 0 Å². The number of fused-ring (bicyclic) bond motifs is 3. The molecule has 332 valence electrons. The molecule has 0 bridgehead atoms. The van der Waals surface area contributed by atoms with Crippen molar-refractivity contribution in [1.82, 2.24) is 4.57 Å². The van der Waals surface area contributed by atoms with Gasteiger partial charge in [0, 0.05) is 67.6 Å². The third-order valence-corrected chi connectivity index (χ3v) is 13.1. The quantitative estimate of drug-likeness (QED) is 0.121. The smallest absolute Gasteiger partial charge is 0.0542 e. The molecule has 0 spiro atoms. The first-order chi connectivity index (χ1) is 34.7. The summed E-state index contributed by atoms with van der Waals surface area (Å²) in [6.45, 7) is 0. The highest BCUT2D eigenvalue weighted by molar-refractivity contribution is 6.10. The molecule has 0 fully saturated rings. The fraction of sp³-hybridized carbons (Fsp3) is 0. The lowest BCUT2D eigenvalue weighted by molar-refractivity contribution is 1.18. The summed E-state index contributed by atoms with van der Waals surface area (Å²) in [6, 6.07) is 104. The van der Waals surface area contributed by atoms with E-state index in [0.29, 0.717) is 0 Å². The van der Waals surface area contributed by atoms with Crippen LogP contribution in [0.1, 0.15) is 0 Å². The van der Waals surface area contributed by atoms with Crippen LogP contribution in [-0.2, 0) is 0 Å². The number of nitrogens with zero attached hydrogens (tertiary/aromatic N) is 4. The summed E-state index contributed by atoms with van der Waals surface area (Å²) in [5.74, 6) is 0. The largest absolute Gasteiger partial charge is 0.310 e. The fourth-order valence-corrected chi connectivity index (χ4v) is 9.86. The van der Waals surface area contributed by atoms with Crippen molar-refractivity contribution in [2.24, 2.45) is 0 Å². The van der Waals surface area contributed by atoms with E-state index < -0.39 is 0 Å². The number of rotatable bonds is 12. The SMILES string of the molecule is c1ccc(-c2ccc(-c3ccc(N(c4ccccc4)c4cccc(N(c5cccc(N(c6ccccc6)c6ccccc6)c5)c5ccc6c(c5)c5ccccc5n6-c5ccccc5)c4)cc3)cc2)cc1. The Morgan fingerprint density at radius 3 is 1.00 bits per heavy atom. The van der Waals surface area contributed by atoms with Gasteiger partial charge in [-0.3, -0.25) is 0 Å². The predicted octanol–water partition coefficient (Wildman–Crippen LogP) is 18.5. The molecule has 0 radical (unpaired) electrons. The zero-order valence-corrected chi connectivity index (χ0v) is 38.5. The minimum atomic E-state index is 1.03. The summed E-state index contributed by atoms with van der Waals surface area (Å²) in [6.07, 6.45) is 0. The summed E-state index contributed by atoms with van der Waals surface area (Å²) in [4.78, 5) is 7.08. The van der Waals surface area contributed by atoms with Gasteiger partial charge < -0.3 is 19.3 Å². The van der Waals surface area contributed by atoms with Gasteiger partial charge in [-0.2, -0.15) is 0 Å². The van der Waals surface area contributed by atoms with E-state index in [1.165, 1.54) is 38.5 Å². The van der Waals surface area contributed by atoms with Gasteiger partial charge in [0.15, 0.2) is 0 Å². The zero-order valence-electron chi connectivity index (χ0n) is 38.5. The second kappa shape index (κ2) is 18.7. The number of hydrogen-bond acceptors (Lipinski definition) is 3. The Morgan fingerprint density at radius 1 is 0.200 bits per heavy atom. The fourth-order valence-electron chi connectivity index (χ4n) is 9.86. The normalized spacial score (nSPS) is 11.1. The first-order valence-corrected chi connectivity index (χ1v) is 23.8. The Morgan fingerprint density at radius 2 is 0.514 bits per heavy atom. The third kappa shape index (κ3) is 8.14. The molecule has 4 nitrogen and oxygen atoms in total. The first kappa shape index (κ1) is 42.0. The Labute approximate surface area is 409 Å².